The Labute approximate surface area is 187 Å². The number of nitrogens with zero attached hydrogens (tertiary/aromatic N) is 5. The van der Waals surface area contributed by atoms with Gasteiger partial charge in [0.15, 0.2) is 0 Å². The van der Waals surface area contributed by atoms with Crippen LogP contribution in [0.3, 0.4) is 0 Å². The van der Waals surface area contributed by atoms with Crippen molar-refractivity contribution in [3.05, 3.63) is 52.4 Å². The number of hydrogen-bond donors (Lipinski definition) is 0. The summed E-state index contributed by atoms with van der Waals surface area (Å²) in [5.41, 5.74) is 2.06. The molecule has 0 amide bonds. The Kier molecular flexibility index (Phi) is 5.85. The highest BCUT2D eigenvalue weighted by atomic mass is 35.5. The normalized spacial score (nSPS) is 18.9. The summed E-state index contributed by atoms with van der Waals surface area (Å²) in [6, 6.07) is 10.8. The van der Waals surface area contributed by atoms with Gasteiger partial charge in [0.05, 0.1) is 5.39 Å². The van der Waals surface area contributed by atoms with E-state index in [9.17, 15) is 0 Å². The topological polar surface area (TPSA) is 37.2 Å². The fourth-order valence-corrected chi connectivity index (χ4v) is 5.19. The number of piperidine rings is 2. The Morgan fingerprint density at radius 3 is 2.33 bits per heavy atom. The molecule has 0 unspecified atom stereocenters. The maximum Gasteiger partial charge on any atom is 0.226 e. The largest absolute Gasteiger partial charge is 0.356 e. The number of likely N-dealkylation sites (tertiary alicyclic amines) is 1. The van der Waals surface area contributed by atoms with Crippen molar-refractivity contribution in [3.8, 4) is 0 Å². The molecule has 0 aliphatic carbocycles. The van der Waals surface area contributed by atoms with Crippen LogP contribution in [-0.2, 0) is 6.54 Å². The molecular formula is C23H27Cl2N5. The van der Waals surface area contributed by atoms with E-state index >= 15 is 0 Å². The summed E-state index contributed by atoms with van der Waals surface area (Å²) in [5, 5.41) is 2.13. The lowest BCUT2D eigenvalue weighted by atomic mass is 10.00. The third-order valence-corrected chi connectivity index (χ3v) is 6.93. The summed E-state index contributed by atoms with van der Waals surface area (Å²) in [7, 11) is 0. The van der Waals surface area contributed by atoms with Gasteiger partial charge < -0.3 is 14.4 Å². The summed E-state index contributed by atoms with van der Waals surface area (Å²) in [4.78, 5) is 14.3. The maximum atomic E-state index is 6.36. The molecule has 30 heavy (non-hydrogen) atoms. The number of fused-ring (bicyclic) bond motifs is 1. The zero-order valence-corrected chi connectivity index (χ0v) is 18.6. The molecule has 158 valence electrons. The van der Waals surface area contributed by atoms with Crippen LogP contribution in [0, 0.1) is 0 Å². The van der Waals surface area contributed by atoms with Gasteiger partial charge in [-0.25, -0.2) is 0 Å². The Hall–Kier alpha value is -1.82. The summed E-state index contributed by atoms with van der Waals surface area (Å²) in [6.07, 6.45) is 8.55. The zero-order chi connectivity index (χ0) is 20.5. The third kappa shape index (κ3) is 4.16. The van der Waals surface area contributed by atoms with Crippen molar-refractivity contribution in [3.63, 3.8) is 0 Å². The number of hydrogen-bond acceptors (Lipinski definition) is 4. The van der Waals surface area contributed by atoms with E-state index in [-0.39, 0.29) is 0 Å². The second-order valence-corrected chi connectivity index (χ2v) is 9.21. The fourth-order valence-electron chi connectivity index (χ4n) is 4.90. The van der Waals surface area contributed by atoms with Crippen molar-refractivity contribution < 1.29 is 0 Å². The molecule has 5 rings (SSSR count). The Bertz CT molecular complexity index is 1000. The molecule has 5 nitrogen and oxygen atoms in total. The highest BCUT2D eigenvalue weighted by Crippen LogP contribution is 2.30. The smallest absolute Gasteiger partial charge is 0.226 e. The van der Waals surface area contributed by atoms with E-state index in [2.05, 4.69) is 36.6 Å². The first-order valence-corrected chi connectivity index (χ1v) is 11.7. The minimum atomic E-state index is 0.312. The molecule has 0 N–H and O–H groups in total. The molecule has 1 aromatic carbocycles. The van der Waals surface area contributed by atoms with Crippen molar-refractivity contribution in [2.75, 3.05) is 31.1 Å². The highest BCUT2D eigenvalue weighted by Gasteiger charge is 2.27. The van der Waals surface area contributed by atoms with Crippen LogP contribution in [0.1, 0.15) is 37.7 Å². The molecule has 3 aromatic rings. The summed E-state index contributed by atoms with van der Waals surface area (Å²) < 4.78 is 2.14. The van der Waals surface area contributed by atoms with Crippen molar-refractivity contribution in [2.45, 2.75) is 44.7 Å². The van der Waals surface area contributed by atoms with Crippen molar-refractivity contribution in [1.29, 1.82) is 0 Å². The molecule has 2 saturated heterocycles. The fraction of sp³-hybridized carbons (Fsp3) is 0.478. The van der Waals surface area contributed by atoms with E-state index in [0.717, 1.165) is 41.5 Å². The minimum absolute atomic E-state index is 0.312. The molecule has 0 atom stereocenters. The van der Waals surface area contributed by atoms with Crippen LogP contribution in [-0.4, -0.2) is 51.7 Å². The number of benzene rings is 1. The van der Waals surface area contributed by atoms with Gasteiger partial charge in [0.1, 0.15) is 11.5 Å². The van der Waals surface area contributed by atoms with Gasteiger partial charge in [-0.3, -0.25) is 0 Å². The predicted molar refractivity (Wildman–Crippen MR) is 124 cm³/mol. The Morgan fingerprint density at radius 1 is 0.867 bits per heavy atom. The van der Waals surface area contributed by atoms with Gasteiger partial charge in [-0.15, -0.1) is 0 Å². The number of aromatic nitrogens is 3. The van der Waals surface area contributed by atoms with Gasteiger partial charge in [-0.1, -0.05) is 30.2 Å². The Morgan fingerprint density at radius 2 is 1.60 bits per heavy atom. The van der Waals surface area contributed by atoms with Crippen LogP contribution in [0.4, 0.5) is 5.82 Å². The summed E-state index contributed by atoms with van der Waals surface area (Å²) in [6.45, 7) is 5.30. The first-order valence-electron chi connectivity index (χ1n) is 10.9. The van der Waals surface area contributed by atoms with E-state index in [1.807, 2.05) is 24.3 Å². The van der Waals surface area contributed by atoms with Gasteiger partial charge in [0.25, 0.3) is 0 Å². The monoisotopic (exact) mass is 443 g/mol. The van der Waals surface area contributed by atoms with Gasteiger partial charge in [0.2, 0.25) is 5.28 Å². The van der Waals surface area contributed by atoms with Crippen LogP contribution in [0.25, 0.3) is 11.0 Å². The van der Waals surface area contributed by atoms with Crippen LogP contribution < -0.4 is 4.90 Å². The van der Waals surface area contributed by atoms with Crippen LogP contribution in [0.2, 0.25) is 10.3 Å². The molecule has 0 bridgehead atoms. The summed E-state index contributed by atoms with van der Waals surface area (Å²) >= 11 is 12.4. The Balaban J connectivity index is 1.36. The van der Waals surface area contributed by atoms with Crippen LogP contribution in [0.15, 0.2) is 36.5 Å². The lowest BCUT2D eigenvalue weighted by molar-refractivity contribution is 0.141. The standard InChI is InChI=1S/C23H27Cl2N5/c24-18-6-4-17(5-7-18)16-30-15-10-20-21(26-23(25)27-22(20)30)29-13-8-19(9-14-29)28-11-2-1-3-12-28/h4-7,10,15,19H,1-3,8-9,11-14,16H2. The molecule has 0 spiro atoms. The quantitative estimate of drug-likeness (QED) is 0.516. The molecule has 0 saturated carbocycles. The van der Waals surface area contributed by atoms with Gasteiger partial charge in [-0.05, 0) is 74.1 Å². The molecule has 2 aliphatic rings. The number of halogens is 2. The van der Waals surface area contributed by atoms with Gasteiger partial charge in [0, 0.05) is 36.9 Å². The third-order valence-electron chi connectivity index (χ3n) is 6.51. The molecule has 4 heterocycles. The van der Waals surface area contributed by atoms with E-state index in [1.165, 1.54) is 50.8 Å². The van der Waals surface area contributed by atoms with Crippen molar-refractivity contribution in [1.82, 2.24) is 19.4 Å². The second-order valence-electron chi connectivity index (χ2n) is 8.44. The molecular weight excluding hydrogens is 417 g/mol. The van der Waals surface area contributed by atoms with Gasteiger partial charge >= 0.3 is 0 Å². The number of anilines is 1. The van der Waals surface area contributed by atoms with Crippen molar-refractivity contribution >= 4 is 40.1 Å². The lowest BCUT2D eigenvalue weighted by Crippen LogP contribution is -2.47. The first kappa shape index (κ1) is 20.1. The molecule has 0 radical (unpaired) electrons. The zero-order valence-electron chi connectivity index (χ0n) is 17.1. The summed E-state index contributed by atoms with van der Waals surface area (Å²) in [5.74, 6) is 0.969. The van der Waals surface area contributed by atoms with E-state index in [1.54, 1.807) is 0 Å². The highest BCUT2D eigenvalue weighted by molar-refractivity contribution is 6.30. The average molecular weight is 444 g/mol. The second kappa shape index (κ2) is 8.74. The number of rotatable bonds is 4. The van der Waals surface area contributed by atoms with Crippen molar-refractivity contribution in [2.24, 2.45) is 0 Å². The molecule has 7 heteroatoms. The molecule has 2 aliphatic heterocycles. The SMILES string of the molecule is Clc1ccc(Cn2ccc3c(N4CCC(N5CCCCC5)CC4)nc(Cl)nc32)cc1. The minimum Gasteiger partial charge on any atom is -0.356 e. The van der Waals surface area contributed by atoms with E-state index < -0.39 is 0 Å². The van der Waals surface area contributed by atoms with Crippen LogP contribution >= 0.6 is 23.2 Å². The molecule has 2 aromatic heterocycles. The maximum absolute atomic E-state index is 6.36. The predicted octanol–water partition coefficient (Wildman–Crippen LogP) is 5.24. The van der Waals surface area contributed by atoms with Crippen LogP contribution in [0.5, 0.6) is 0 Å². The average Bonchev–Trinajstić information content (AvgIpc) is 3.18. The first-order chi connectivity index (χ1) is 14.7. The van der Waals surface area contributed by atoms with Gasteiger partial charge in [-0.2, -0.15) is 9.97 Å². The lowest BCUT2D eigenvalue weighted by Gasteiger charge is -2.40. The molecule has 2 fully saturated rings. The van der Waals surface area contributed by atoms with E-state index in [0.29, 0.717) is 11.3 Å². The van der Waals surface area contributed by atoms with E-state index in [4.69, 9.17) is 23.2 Å².